The lowest BCUT2D eigenvalue weighted by molar-refractivity contribution is -0.141. The van der Waals surface area contributed by atoms with Gasteiger partial charge in [0, 0.05) is 11.5 Å². The second-order valence-electron chi connectivity index (χ2n) is 5.32. The third-order valence-electron chi connectivity index (χ3n) is 3.19. The molecule has 12 heteroatoms. The third kappa shape index (κ3) is 7.94. The number of thiol groups is 2. The van der Waals surface area contributed by atoms with Crippen molar-refractivity contribution >= 4 is 48.9 Å². The number of amides is 3. The van der Waals surface area contributed by atoms with Crippen LogP contribution < -0.4 is 21.7 Å². The monoisotopic (exact) mass is 396 g/mol. The van der Waals surface area contributed by atoms with E-state index in [1.54, 1.807) is 0 Å². The molecule has 0 saturated carbocycles. The summed E-state index contributed by atoms with van der Waals surface area (Å²) in [6.45, 7) is 2.69. The molecule has 0 rings (SSSR count). The molecule has 144 valence electrons. The van der Waals surface area contributed by atoms with Crippen LogP contribution in [-0.2, 0) is 19.2 Å². The highest BCUT2D eigenvalue weighted by Gasteiger charge is 2.28. The van der Waals surface area contributed by atoms with Gasteiger partial charge in [0.1, 0.15) is 24.2 Å². The minimum Gasteiger partial charge on any atom is -0.480 e. The Morgan fingerprint density at radius 2 is 1.40 bits per heavy atom. The van der Waals surface area contributed by atoms with Crippen LogP contribution in [0.15, 0.2) is 0 Å². The average molecular weight is 396 g/mol. The van der Waals surface area contributed by atoms with E-state index < -0.39 is 54.0 Å². The van der Waals surface area contributed by atoms with Crippen molar-refractivity contribution in [2.24, 2.45) is 5.73 Å². The topological polar surface area (TPSA) is 171 Å². The first-order chi connectivity index (χ1) is 11.5. The molecule has 7 N–H and O–H groups in total. The SMILES string of the molecule is CC(NC(=O)C(N)C(C)O)C(=O)NC(CS)C(=O)NC(CS)C(=O)O. The fourth-order valence-electron chi connectivity index (χ4n) is 1.54. The molecule has 0 bridgehead atoms. The van der Waals surface area contributed by atoms with Crippen LogP contribution >= 0.6 is 25.3 Å². The van der Waals surface area contributed by atoms with Crippen molar-refractivity contribution < 1.29 is 29.4 Å². The molecule has 0 aliphatic rings. The summed E-state index contributed by atoms with van der Waals surface area (Å²) in [7, 11) is 0. The molecule has 0 fully saturated rings. The van der Waals surface area contributed by atoms with Gasteiger partial charge < -0.3 is 31.9 Å². The molecule has 0 aromatic heterocycles. The van der Waals surface area contributed by atoms with E-state index in [1.807, 2.05) is 0 Å². The standard InChI is InChI=1S/C13H24N4O6S2/c1-5(15-12(21)9(14)6(2)18)10(19)16-7(3-24)11(20)17-8(4-25)13(22)23/h5-9,18,24-25H,3-4,14H2,1-2H3,(H,15,21)(H,16,19)(H,17,20)(H,22,23). The van der Waals surface area contributed by atoms with E-state index in [9.17, 15) is 24.3 Å². The van der Waals surface area contributed by atoms with E-state index in [0.29, 0.717) is 0 Å². The Hall–Kier alpha value is -1.50. The van der Waals surface area contributed by atoms with Gasteiger partial charge in [0.05, 0.1) is 6.10 Å². The molecular formula is C13H24N4O6S2. The Morgan fingerprint density at radius 3 is 1.80 bits per heavy atom. The highest BCUT2D eigenvalue weighted by Crippen LogP contribution is 1.96. The zero-order valence-corrected chi connectivity index (χ0v) is 15.6. The molecule has 0 saturated heterocycles. The maximum absolute atomic E-state index is 12.1. The highest BCUT2D eigenvalue weighted by molar-refractivity contribution is 7.80. The summed E-state index contributed by atoms with van der Waals surface area (Å²) in [6.07, 6.45) is -1.10. The summed E-state index contributed by atoms with van der Waals surface area (Å²) in [5.74, 6) is -3.66. The van der Waals surface area contributed by atoms with Gasteiger partial charge in [-0.1, -0.05) is 0 Å². The largest absolute Gasteiger partial charge is 0.480 e. The van der Waals surface area contributed by atoms with Crippen molar-refractivity contribution in [3.63, 3.8) is 0 Å². The van der Waals surface area contributed by atoms with Gasteiger partial charge >= 0.3 is 5.97 Å². The molecule has 0 radical (unpaired) electrons. The quantitative estimate of drug-likeness (QED) is 0.183. The molecule has 5 unspecified atom stereocenters. The van der Waals surface area contributed by atoms with E-state index in [2.05, 4.69) is 41.2 Å². The van der Waals surface area contributed by atoms with E-state index in [0.717, 1.165) is 0 Å². The number of hydrogen-bond donors (Lipinski definition) is 8. The Bertz CT molecular complexity index is 505. The molecular weight excluding hydrogens is 372 g/mol. The lowest BCUT2D eigenvalue weighted by Crippen LogP contribution is -2.58. The zero-order valence-electron chi connectivity index (χ0n) is 13.8. The second-order valence-corrected chi connectivity index (χ2v) is 6.05. The van der Waals surface area contributed by atoms with Gasteiger partial charge in [-0.3, -0.25) is 14.4 Å². The maximum Gasteiger partial charge on any atom is 0.327 e. The highest BCUT2D eigenvalue weighted by atomic mass is 32.1. The van der Waals surface area contributed by atoms with Crippen LogP contribution in [0.3, 0.4) is 0 Å². The lowest BCUT2D eigenvalue weighted by atomic mass is 10.1. The van der Waals surface area contributed by atoms with Crippen LogP contribution in [0.25, 0.3) is 0 Å². The van der Waals surface area contributed by atoms with E-state index in [1.165, 1.54) is 13.8 Å². The summed E-state index contributed by atoms with van der Waals surface area (Å²) >= 11 is 7.77. The number of carbonyl (C=O) groups is 4. The van der Waals surface area contributed by atoms with Crippen molar-refractivity contribution in [2.45, 2.75) is 44.1 Å². The van der Waals surface area contributed by atoms with Crippen molar-refractivity contribution in [2.75, 3.05) is 11.5 Å². The Morgan fingerprint density at radius 1 is 0.920 bits per heavy atom. The van der Waals surface area contributed by atoms with Crippen LogP contribution in [0.1, 0.15) is 13.8 Å². The number of aliphatic hydroxyl groups is 1. The molecule has 5 atom stereocenters. The van der Waals surface area contributed by atoms with Crippen LogP contribution in [0, 0.1) is 0 Å². The number of hydrogen-bond acceptors (Lipinski definition) is 8. The number of carboxylic acid groups (broad SMARTS) is 1. The molecule has 0 aromatic rings. The van der Waals surface area contributed by atoms with Crippen molar-refractivity contribution in [1.82, 2.24) is 16.0 Å². The van der Waals surface area contributed by atoms with Gasteiger partial charge in [0.15, 0.2) is 0 Å². The molecule has 0 heterocycles. The van der Waals surface area contributed by atoms with E-state index in [-0.39, 0.29) is 11.5 Å². The Balaban J connectivity index is 4.74. The molecule has 0 aromatic carbocycles. The van der Waals surface area contributed by atoms with Gasteiger partial charge in [-0.2, -0.15) is 25.3 Å². The van der Waals surface area contributed by atoms with Gasteiger partial charge in [0.2, 0.25) is 17.7 Å². The Kier molecular flexibility index (Phi) is 10.5. The van der Waals surface area contributed by atoms with Gasteiger partial charge in [-0.15, -0.1) is 0 Å². The van der Waals surface area contributed by atoms with Crippen LogP contribution in [0.4, 0.5) is 0 Å². The second kappa shape index (κ2) is 11.2. The van der Waals surface area contributed by atoms with E-state index >= 15 is 0 Å². The summed E-state index contributed by atoms with van der Waals surface area (Å²) in [4.78, 5) is 46.7. The summed E-state index contributed by atoms with van der Waals surface area (Å²) in [6, 6.07) is -4.56. The minimum absolute atomic E-state index is 0.0929. The molecule has 0 aliphatic carbocycles. The zero-order chi connectivity index (χ0) is 19.7. The average Bonchev–Trinajstić information content (AvgIpc) is 2.55. The van der Waals surface area contributed by atoms with Gasteiger partial charge in [0.25, 0.3) is 0 Å². The number of carbonyl (C=O) groups excluding carboxylic acids is 3. The predicted octanol–water partition coefficient (Wildman–Crippen LogP) is -2.89. The first kappa shape index (κ1) is 23.5. The van der Waals surface area contributed by atoms with Crippen molar-refractivity contribution in [1.29, 1.82) is 0 Å². The molecule has 10 nitrogen and oxygen atoms in total. The van der Waals surface area contributed by atoms with Crippen LogP contribution in [-0.4, -0.2) is 75.7 Å². The fraction of sp³-hybridized carbons (Fsp3) is 0.692. The molecule has 0 aliphatic heterocycles. The predicted molar refractivity (Wildman–Crippen MR) is 96.5 cm³/mol. The van der Waals surface area contributed by atoms with Crippen LogP contribution in [0.2, 0.25) is 0 Å². The molecule has 0 spiro atoms. The Labute approximate surface area is 156 Å². The summed E-state index contributed by atoms with van der Waals surface area (Å²) in [5, 5.41) is 25.0. The lowest BCUT2D eigenvalue weighted by Gasteiger charge is -2.22. The minimum atomic E-state index is -1.26. The number of aliphatic hydroxyl groups excluding tert-OH is 1. The van der Waals surface area contributed by atoms with E-state index in [4.69, 9.17) is 10.8 Å². The summed E-state index contributed by atoms with van der Waals surface area (Å²) in [5.41, 5.74) is 5.45. The number of carboxylic acids is 1. The molecule has 25 heavy (non-hydrogen) atoms. The smallest absolute Gasteiger partial charge is 0.327 e. The number of rotatable bonds is 10. The third-order valence-corrected chi connectivity index (χ3v) is 3.92. The fourth-order valence-corrected chi connectivity index (χ4v) is 2.05. The first-order valence-electron chi connectivity index (χ1n) is 7.34. The molecule has 3 amide bonds. The first-order valence-corrected chi connectivity index (χ1v) is 8.60. The normalized spacial score (nSPS) is 16.7. The number of nitrogens with two attached hydrogens (primary N) is 1. The van der Waals surface area contributed by atoms with Crippen molar-refractivity contribution in [3.05, 3.63) is 0 Å². The maximum atomic E-state index is 12.1. The number of aliphatic carboxylic acids is 1. The number of nitrogens with one attached hydrogen (secondary N) is 3. The van der Waals surface area contributed by atoms with Gasteiger partial charge in [-0.25, -0.2) is 4.79 Å². The van der Waals surface area contributed by atoms with Gasteiger partial charge in [-0.05, 0) is 13.8 Å². The summed E-state index contributed by atoms with van der Waals surface area (Å²) < 4.78 is 0. The van der Waals surface area contributed by atoms with Crippen LogP contribution in [0.5, 0.6) is 0 Å². The van der Waals surface area contributed by atoms with Crippen molar-refractivity contribution in [3.8, 4) is 0 Å².